The predicted octanol–water partition coefficient (Wildman–Crippen LogP) is 2.53. The van der Waals surface area contributed by atoms with Crippen molar-refractivity contribution in [2.45, 2.75) is 51.0 Å². The molecule has 0 aliphatic heterocycles. The molecule has 0 aromatic carbocycles. The Bertz CT molecular complexity index is 402. The number of rotatable bonds is 6. The number of carboxylic acids is 1. The second-order valence-corrected chi connectivity index (χ2v) is 8.33. The lowest BCUT2D eigenvalue weighted by atomic mass is 9.49. The van der Waals surface area contributed by atoms with Crippen molar-refractivity contribution in [3.8, 4) is 0 Å². The highest BCUT2D eigenvalue weighted by atomic mass is 32.2. The van der Waals surface area contributed by atoms with Crippen LogP contribution in [0.25, 0.3) is 0 Å². The van der Waals surface area contributed by atoms with E-state index in [1.165, 1.54) is 19.3 Å². The quantitative estimate of drug-likeness (QED) is 0.791. The lowest BCUT2D eigenvalue weighted by Gasteiger charge is -2.55. The topological polar surface area (TPSA) is 66.4 Å². The number of nitrogens with one attached hydrogen (secondary N) is 1. The van der Waals surface area contributed by atoms with Crippen LogP contribution in [0.4, 0.5) is 0 Å². The molecule has 4 nitrogen and oxygen atoms in total. The largest absolute Gasteiger partial charge is 0.480 e. The minimum Gasteiger partial charge on any atom is -0.480 e. The van der Waals surface area contributed by atoms with Gasteiger partial charge in [-0.25, -0.2) is 4.79 Å². The fraction of sp³-hybridized carbons (Fsp3) is 0.875. The first-order chi connectivity index (χ1) is 10.0. The first-order valence-electron chi connectivity index (χ1n) is 8.05. The molecule has 4 saturated carbocycles. The van der Waals surface area contributed by atoms with Crippen LogP contribution in [0.2, 0.25) is 0 Å². The molecule has 0 spiro atoms. The molecule has 118 valence electrons. The monoisotopic (exact) mass is 311 g/mol. The zero-order chi connectivity index (χ0) is 15.0. The summed E-state index contributed by atoms with van der Waals surface area (Å²) in [5.74, 6) is 2.00. The third-order valence-electron chi connectivity index (χ3n) is 5.73. The van der Waals surface area contributed by atoms with Crippen LogP contribution in [0.15, 0.2) is 0 Å². The standard InChI is InChI=1S/C16H25NO3S/c1-21-3-2-13(14(18)19)17-15(20)16-7-10-4-11(8-16)6-12(5-10)9-16/h10-13H,2-9H2,1H3,(H,17,20)(H,18,19)/t10?,11?,12?,13-,16?/m0/s1. The molecular weight excluding hydrogens is 286 g/mol. The van der Waals surface area contributed by atoms with Crippen molar-refractivity contribution < 1.29 is 14.7 Å². The average Bonchev–Trinajstić information content (AvgIpc) is 2.41. The van der Waals surface area contributed by atoms with Crippen LogP contribution >= 0.6 is 11.8 Å². The van der Waals surface area contributed by atoms with Gasteiger partial charge >= 0.3 is 5.97 Å². The van der Waals surface area contributed by atoms with Crippen LogP contribution in [-0.4, -0.2) is 35.0 Å². The first-order valence-corrected chi connectivity index (χ1v) is 9.44. The van der Waals surface area contributed by atoms with Crippen LogP contribution in [0.5, 0.6) is 0 Å². The van der Waals surface area contributed by atoms with Crippen LogP contribution in [-0.2, 0) is 9.59 Å². The second-order valence-electron chi connectivity index (χ2n) is 7.34. The van der Waals surface area contributed by atoms with Crippen molar-refractivity contribution in [1.29, 1.82) is 0 Å². The van der Waals surface area contributed by atoms with Crippen molar-refractivity contribution in [1.82, 2.24) is 5.32 Å². The second kappa shape index (κ2) is 5.82. The summed E-state index contributed by atoms with van der Waals surface area (Å²) in [5.41, 5.74) is -0.248. The van der Waals surface area contributed by atoms with Gasteiger partial charge in [-0.2, -0.15) is 11.8 Å². The Balaban J connectivity index is 1.68. The number of amides is 1. The Hall–Kier alpha value is -0.710. The zero-order valence-corrected chi connectivity index (χ0v) is 13.5. The maximum absolute atomic E-state index is 12.8. The molecule has 21 heavy (non-hydrogen) atoms. The molecule has 0 aromatic heterocycles. The third kappa shape index (κ3) is 2.94. The summed E-state index contributed by atoms with van der Waals surface area (Å²) in [7, 11) is 0. The van der Waals surface area contributed by atoms with E-state index in [4.69, 9.17) is 0 Å². The highest BCUT2D eigenvalue weighted by Crippen LogP contribution is 2.60. The lowest BCUT2D eigenvalue weighted by molar-refractivity contribution is -0.151. The fourth-order valence-electron chi connectivity index (χ4n) is 5.19. The number of carbonyl (C=O) groups is 2. The molecule has 0 aromatic rings. The Kier molecular flexibility index (Phi) is 4.21. The minimum absolute atomic E-state index is 0.0232. The molecule has 0 radical (unpaired) electrons. The van der Waals surface area contributed by atoms with Crippen LogP contribution in [0.1, 0.15) is 44.9 Å². The zero-order valence-electron chi connectivity index (χ0n) is 12.6. The molecule has 4 rings (SSSR count). The first kappa shape index (κ1) is 15.2. The van der Waals surface area contributed by atoms with Crippen molar-refractivity contribution >= 4 is 23.6 Å². The van der Waals surface area contributed by atoms with Gasteiger partial charge in [0.05, 0.1) is 0 Å². The van der Waals surface area contributed by atoms with Gasteiger partial charge in [0, 0.05) is 5.41 Å². The number of carbonyl (C=O) groups excluding carboxylic acids is 1. The number of thioether (sulfide) groups is 1. The van der Waals surface area contributed by atoms with E-state index in [-0.39, 0.29) is 11.3 Å². The van der Waals surface area contributed by atoms with E-state index in [2.05, 4.69) is 5.32 Å². The summed E-state index contributed by atoms with van der Waals surface area (Å²) in [6.07, 6.45) is 9.30. The predicted molar refractivity (Wildman–Crippen MR) is 83.2 cm³/mol. The Morgan fingerprint density at radius 1 is 1.19 bits per heavy atom. The van der Waals surface area contributed by atoms with Crippen molar-refractivity contribution in [3.63, 3.8) is 0 Å². The molecule has 0 saturated heterocycles. The van der Waals surface area contributed by atoms with E-state index in [1.54, 1.807) is 11.8 Å². The van der Waals surface area contributed by atoms with Gasteiger partial charge in [0.1, 0.15) is 6.04 Å². The van der Waals surface area contributed by atoms with Crippen molar-refractivity contribution in [2.75, 3.05) is 12.0 Å². The smallest absolute Gasteiger partial charge is 0.326 e. The lowest BCUT2D eigenvalue weighted by Crippen LogP contribution is -2.56. The number of hydrogen-bond acceptors (Lipinski definition) is 3. The van der Waals surface area contributed by atoms with E-state index in [1.807, 2.05) is 6.26 Å². The van der Waals surface area contributed by atoms with E-state index in [0.29, 0.717) is 24.2 Å². The summed E-state index contributed by atoms with van der Waals surface area (Å²) in [5, 5.41) is 12.2. The molecule has 5 heteroatoms. The summed E-state index contributed by atoms with van der Waals surface area (Å²) in [6.45, 7) is 0. The molecule has 4 aliphatic carbocycles. The normalized spacial score (nSPS) is 38.2. The van der Waals surface area contributed by atoms with Crippen LogP contribution in [0, 0.1) is 23.2 Å². The SMILES string of the molecule is CSCC[C@H](NC(=O)C12CC3CC(CC(C3)C1)C2)C(=O)O. The molecule has 1 amide bonds. The van der Waals surface area contributed by atoms with Gasteiger partial charge in [0.2, 0.25) is 5.91 Å². The highest BCUT2D eigenvalue weighted by molar-refractivity contribution is 7.98. The summed E-state index contributed by atoms with van der Waals surface area (Å²) in [6, 6.07) is -0.724. The van der Waals surface area contributed by atoms with Gasteiger partial charge in [-0.3, -0.25) is 4.79 Å². The molecule has 2 N–H and O–H groups in total. The third-order valence-corrected chi connectivity index (χ3v) is 6.38. The van der Waals surface area contributed by atoms with Gasteiger partial charge < -0.3 is 10.4 Å². The Morgan fingerprint density at radius 3 is 2.14 bits per heavy atom. The number of hydrogen-bond donors (Lipinski definition) is 2. The molecule has 0 unspecified atom stereocenters. The van der Waals surface area contributed by atoms with Gasteiger partial charge in [-0.1, -0.05) is 0 Å². The Morgan fingerprint density at radius 2 is 1.71 bits per heavy atom. The van der Waals surface area contributed by atoms with Crippen molar-refractivity contribution in [3.05, 3.63) is 0 Å². The maximum Gasteiger partial charge on any atom is 0.326 e. The number of aliphatic carboxylic acids is 1. The highest BCUT2D eigenvalue weighted by Gasteiger charge is 2.54. The van der Waals surface area contributed by atoms with Crippen molar-refractivity contribution in [2.24, 2.45) is 23.2 Å². The van der Waals surface area contributed by atoms with E-state index in [9.17, 15) is 14.7 Å². The number of carboxylic acid groups (broad SMARTS) is 1. The molecule has 4 aliphatic rings. The van der Waals surface area contributed by atoms with Crippen LogP contribution < -0.4 is 5.32 Å². The minimum atomic E-state index is -0.901. The van der Waals surface area contributed by atoms with Gasteiger partial charge in [-0.15, -0.1) is 0 Å². The maximum atomic E-state index is 12.8. The van der Waals surface area contributed by atoms with Gasteiger partial charge in [-0.05, 0) is 74.7 Å². The van der Waals surface area contributed by atoms with Gasteiger partial charge in [0.15, 0.2) is 0 Å². The fourth-order valence-corrected chi connectivity index (χ4v) is 5.66. The molecule has 1 atom stereocenters. The van der Waals surface area contributed by atoms with E-state index < -0.39 is 12.0 Å². The van der Waals surface area contributed by atoms with E-state index in [0.717, 1.165) is 25.0 Å². The van der Waals surface area contributed by atoms with E-state index >= 15 is 0 Å². The Labute approximate surface area is 130 Å². The average molecular weight is 311 g/mol. The summed E-state index contributed by atoms with van der Waals surface area (Å²) in [4.78, 5) is 24.1. The molecule has 0 heterocycles. The molecule has 4 fully saturated rings. The molecular formula is C16H25NO3S. The van der Waals surface area contributed by atoms with Crippen LogP contribution in [0.3, 0.4) is 0 Å². The molecule has 4 bridgehead atoms. The summed E-state index contributed by atoms with van der Waals surface area (Å²) >= 11 is 1.62. The summed E-state index contributed by atoms with van der Waals surface area (Å²) < 4.78 is 0. The van der Waals surface area contributed by atoms with Gasteiger partial charge in [0.25, 0.3) is 0 Å².